The van der Waals surface area contributed by atoms with Gasteiger partial charge in [0, 0.05) is 22.6 Å². The number of amides is 3. The van der Waals surface area contributed by atoms with Crippen molar-refractivity contribution in [2.75, 3.05) is 19.0 Å². The fourth-order valence-corrected chi connectivity index (χ4v) is 6.13. The van der Waals surface area contributed by atoms with E-state index in [0.717, 1.165) is 6.33 Å². The Bertz CT molecular complexity index is 2360. The first kappa shape index (κ1) is 39.6. The summed E-state index contributed by atoms with van der Waals surface area (Å²) in [6.07, 6.45) is -0.104. The minimum Gasteiger partial charge on any atom is -0.497 e. The molecule has 2 aromatic heterocycles. The molecule has 0 spiro atoms. The molecule has 1 atom stereocenters. The number of carbonyl (C=O) groups is 4. The number of imide groups is 1. The Morgan fingerprint density at radius 1 is 0.860 bits per heavy atom. The maximum atomic E-state index is 14.7. The van der Waals surface area contributed by atoms with Gasteiger partial charge in [-0.3, -0.25) is 24.7 Å². The number of benzene rings is 4. The number of esters is 1. The van der Waals surface area contributed by atoms with E-state index >= 15 is 0 Å². The number of aromatic nitrogens is 4. The van der Waals surface area contributed by atoms with Crippen LogP contribution in [0.15, 0.2) is 126 Å². The van der Waals surface area contributed by atoms with Gasteiger partial charge in [-0.05, 0) is 17.7 Å². The zero-order chi connectivity index (χ0) is 40.5. The van der Waals surface area contributed by atoms with Gasteiger partial charge in [0.1, 0.15) is 18.9 Å². The Morgan fingerprint density at radius 3 is 2.00 bits per heavy atom. The molecule has 15 heteroatoms. The van der Waals surface area contributed by atoms with E-state index in [1.807, 2.05) is 0 Å². The predicted octanol–water partition coefficient (Wildman–Crippen LogP) is 4.78. The number of aromatic amines is 1. The molecule has 3 amide bonds. The highest BCUT2D eigenvalue weighted by molar-refractivity contribution is 5.97. The number of aliphatic hydroxyl groups is 1. The molecule has 0 saturated heterocycles. The van der Waals surface area contributed by atoms with E-state index in [4.69, 9.17) is 14.2 Å². The molecule has 0 aliphatic rings. The van der Waals surface area contributed by atoms with Crippen LogP contribution in [0.2, 0.25) is 0 Å². The van der Waals surface area contributed by atoms with Crippen LogP contribution in [0.3, 0.4) is 0 Å². The number of aliphatic hydroxyl groups excluding tert-OH is 1. The Balaban J connectivity index is 1.42. The Morgan fingerprint density at radius 2 is 1.44 bits per heavy atom. The zero-order valence-corrected chi connectivity index (χ0v) is 31.3. The van der Waals surface area contributed by atoms with Crippen LogP contribution in [0.25, 0.3) is 11.2 Å². The number of methoxy groups -OCH3 is 1. The van der Waals surface area contributed by atoms with Gasteiger partial charge < -0.3 is 23.9 Å². The Labute approximate surface area is 326 Å². The Kier molecular flexibility index (Phi) is 12.2. The van der Waals surface area contributed by atoms with Crippen LogP contribution in [0, 0.1) is 5.92 Å². The summed E-state index contributed by atoms with van der Waals surface area (Å²) in [7, 11) is 1.52. The average molecular weight is 773 g/mol. The van der Waals surface area contributed by atoms with E-state index in [2.05, 4.69) is 20.3 Å². The van der Waals surface area contributed by atoms with Crippen molar-refractivity contribution >= 4 is 41.0 Å². The summed E-state index contributed by atoms with van der Waals surface area (Å²) < 4.78 is 18.6. The number of hydrogen-bond acceptors (Lipinski definition) is 11. The van der Waals surface area contributed by atoms with Crippen molar-refractivity contribution in [1.82, 2.24) is 24.4 Å². The van der Waals surface area contributed by atoms with E-state index in [-0.39, 0.29) is 23.7 Å². The number of fused-ring (bicyclic) bond motifs is 1. The van der Waals surface area contributed by atoms with Gasteiger partial charge in [0.05, 0.1) is 20.0 Å². The van der Waals surface area contributed by atoms with Crippen molar-refractivity contribution in [3.63, 3.8) is 0 Å². The van der Waals surface area contributed by atoms with Crippen LogP contribution in [0.4, 0.5) is 10.7 Å². The summed E-state index contributed by atoms with van der Waals surface area (Å²) in [5.41, 5.74) is -0.475. The first-order valence-corrected chi connectivity index (χ1v) is 17.9. The number of nitrogens with one attached hydrogen (secondary N) is 2. The van der Waals surface area contributed by atoms with E-state index in [1.54, 1.807) is 129 Å². The molecule has 0 radical (unpaired) electrons. The second-order valence-electron chi connectivity index (χ2n) is 13.2. The first-order chi connectivity index (χ1) is 27.5. The normalized spacial score (nSPS) is 11.8. The lowest BCUT2D eigenvalue weighted by atomic mass is 9.80. The van der Waals surface area contributed by atoms with Crippen LogP contribution >= 0.6 is 0 Å². The summed E-state index contributed by atoms with van der Waals surface area (Å²) in [5.74, 6) is -2.68. The van der Waals surface area contributed by atoms with Gasteiger partial charge in [-0.15, -0.1) is 0 Å². The second-order valence-corrected chi connectivity index (χ2v) is 13.2. The number of ether oxygens (including phenoxy) is 3. The summed E-state index contributed by atoms with van der Waals surface area (Å²) in [6, 6.07) is 31.4. The SMILES string of the molecule is COc1ccc(C(OC(=O)[C@H](CO)N(C(=O)Cn2cnc3c(=O)[nH]c(NC(=O)C(C)C)nc32)C(=O)OCc2ccccc2)(c2ccccc2)c2ccccc2)cc1. The number of imidazole rings is 1. The van der Waals surface area contributed by atoms with Crippen LogP contribution in [-0.4, -0.2) is 73.2 Å². The molecule has 0 aliphatic heterocycles. The van der Waals surface area contributed by atoms with Crippen molar-refractivity contribution in [3.05, 3.63) is 154 Å². The fraction of sp³-hybridized carbons (Fsp3) is 0.214. The number of carbonyl (C=O) groups excluding carboxylic acids is 4. The fourth-order valence-electron chi connectivity index (χ4n) is 6.13. The van der Waals surface area contributed by atoms with Crippen molar-refractivity contribution in [3.8, 4) is 5.75 Å². The smallest absolute Gasteiger partial charge is 0.417 e. The van der Waals surface area contributed by atoms with Gasteiger partial charge in [-0.1, -0.05) is 117 Å². The van der Waals surface area contributed by atoms with Crippen molar-refractivity contribution in [2.24, 2.45) is 5.92 Å². The zero-order valence-electron chi connectivity index (χ0n) is 31.3. The third-order valence-corrected chi connectivity index (χ3v) is 9.08. The van der Waals surface area contributed by atoms with Crippen LogP contribution in [0.5, 0.6) is 5.75 Å². The maximum Gasteiger partial charge on any atom is 0.417 e. The highest BCUT2D eigenvalue weighted by atomic mass is 16.6. The van der Waals surface area contributed by atoms with Gasteiger partial charge in [0.25, 0.3) is 11.5 Å². The maximum absolute atomic E-state index is 14.7. The summed E-state index contributed by atoms with van der Waals surface area (Å²) in [5, 5.41) is 13.4. The lowest BCUT2D eigenvalue weighted by molar-refractivity contribution is -0.164. The van der Waals surface area contributed by atoms with Crippen LogP contribution < -0.4 is 15.6 Å². The lowest BCUT2D eigenvalue weighted by Gasteiger charge is -2.37. The topological polar surface area (TPSA) is 195 Å². The average Bonchev–Trinajstić information content (AvgIpc) is 3.64. The number of nitrogens with zero attached hydrogens (tertiary/aromatic N) is 4. The number of H-pyrrole nitrogens is 1. The van der Waals surface area contributed by atoms with Crippen molar-refractivity contribution < 1.29 is 38.5 Å². The van der Waals surface area contributed by atoms with E-state index in [1.165, 1.54) is 11.7 Å². The summed E-state index contributed by atoms with van der Waals surface area (Å²) in [4.78, 5) is 79.6. The molecule has 0 aliphatic carbocycles. The molecule has 292 valence electrons. The number of hydrogen-bond donors (Lipinski definition) is 3. The van der Waals surface area contributed by atoms with Gasteiger partial charge >= 0.3 is 12.1 Å². The monoisotopic (exact) mass is 772 g/mol. The van der Waals surface area contributed by atoms with Gasteiger partial charge in [-0.2, -0.15) is 4.98 Å². The quantitative estimate of drug-likeness (QED) is 0.102. The molecule has 0 bridgehead atoms. The highest BCUT2D eigenvalue weighted by Gasteiger charge is 2.45. The molecule has 6 rings (SSSR count). The minimum atomic E-state index is -1.93. The van der Waals surface area contributed by atoms with Gasteiger partial charge in [-0.25, -0.2) is 19.5 Å². The molecule has 3 N–H and O–H groups in total. The van der Waals surface area contributed by atoms with Crippen LogP contribution in [0.1, 0.15) is 36.1 Å². The Hall–Kier alpha value is -7.13. The molecule has 15 nitrogen and oxygen atoms in total. The highest BCUT2D eigenvalue weighted by Crippen LogP contribution is 2.41. The second kappa shape index (κ2) is 17.6. The summed E-state index contributed by atoms with van der Waals surface area (Å²) >= 11 is 0. The number of rotatable bonds is 14. The standard InChI is InChI=1S/C42H40N6O9/c1-27(2)37(51)45-40-44-36-35(38(52)46-40)43-26-47(36)23-34(50)48(41(54)56-25-28-13-7-4-8-14-28)33(24-49)39(53)57-42(29-15-9-5-10-16-29,30-17-11-6-12-18-30)31-19-21-32(55-3)22-20-31/h4-22,26-27,33,49H,23-25H2,1-3H3,(H2,44,45,46,51,52)/t33-/m0/s1. The van der Waals surface area contributed by atoms with E-state index in [0.29, 0.717) is 32.9 Å². The first-order valence-electron chi connectivity index (χ1n) is 17.9. The molecule has 2 heterocycles. The van der Waals surface area contributed by atoms with Gasteiger partial charge in [0.2, 0.25) is 11.9 Å². The third-order valence-electron chi connectivity index (χ3n) is 9.08. The van der Waals surface area contributed by atoms with Crippen molar-refractivity contribution in [1.29, 1.82) is 0 Å². The molecule has 0 fully saturated rings. The van der Waals surface area contributed by atoms with E-state index in [9.17, 15) is 29.1 Å². The molecule has 4 aromatic carbocycles. The largest absolute Gasteiger partial charge is 0.497 e. The molecule has 57 heavy (non-hydrogen) atoms. The third kappa shape index (κ3) is 8.58. The van der Waals surface area contributed by atoms with Crippen molar-refractivity contribution in [2.45, 2.75) is 38.6 Å². The molecular weight excluding hydrogens is 732 g/mol. The van der Waals surface area contributed by atoms with E-state index < -0.39 is 60.1 Å². The number of anilines is 1. The molecule has 6 aromatic rings. The molecular formula is C42H40N6O9. The molecule has 0 unspecified atom stereocenters. The van der Waals surface area contributed by atoms with Gasteiger partial charge in [0.15, 0.2) is 22.8 Å². The lowest BCUT2D eigenvalue weighted by Crippen LogP contribution is -2.54. The van der Waals surface area contributed by atoms with Crippen LogP contribution in [-0.2, 0) is 42.6 Å². The molecule has 0 saturated carbocycles. The predicted molar refractivity (Wildman–Crippen MR) is 208 cm³/mol. The summed E-state index contributed by atoms with van der Waals surface area (Å²) in [6.45, 7) is 1.29. The minimum absolute atomic E-state index is 0.0986.